The summed E-state index contributed by atoms with van der Waals surface area (Å²) in [4.78, 5) is 22.1. The first-order valence-corrected chi connectivity index (χ1v) is 8.44. The molecule has 3 rings (SSSR count). The number of benzene rings is 1. The van der Waals surface area contributed by atoms with E-state index in [2.05, 4.69) is 32.5 Å². The van der Waals surface area contributed by atoms with Gasteiger partial charge in [-0.1, -0.05) is 43.2 Å². The van der Waals surface area contributed by atoms with Gasteiger partial charge < -0.3 is 4.90 Å². The van der Waals surface area contributed by atoms with Gasteiger partial charge >= 0.3 is 0 Å². The van der Waals surface area contributed by atoms with Gasteiger partial charge in [-0.05, 0) is 35.4 Å². The SMILES string of the molecule is O=c1[nH]c(N2CCCCCC2)nc(-c2ccccc2)c1I. The molecule has 1 N–H and O–H groups in total. The summed E-state index contributed by atoms with van der Waals surface area (Å²) in [5.74, 6) is 0.709. The van der Waals surface area contributed by atoms with Gasteiger partial charge in [0.05, 0.1) is 5.69 Å². The standard InChI is InChI=1S/C16H18IN3O/c17-13-14(12-8-4-3-5-9-12)18-16(19-15(13)21)20-10-6-1-2-7-11-20/h3-5,8-9H,1-2,6-7,10-11H2,(H,18,19,21). The predicted octanol–water partition coefficient (Wildman–Crippen LogP) is 3.42. The summed E-state index contributed by atoms with van der Waals surface area (Å²) >= 11 is 2.08. The lowest BCUT2D eigenvalue weighted by Gasteiger charge is -2.21. The van der Waals surface area contributed by atoms with Crippen molar-refractivity contribution in [3.63, 3.8) is 0 Å². The van der Waals surface area contributed by atoms with Crippen molar-refractivity contribution in [3.8, 4) is 11.3 Å². The van der Waals surface area contributed by atoms with Crippen LogP contribution in [-0.2, 0) is 0 Å². The Morgan fingerprint density at radius 3 is 2.38 bits per heavy atom. The van der Waals surface area contributed by atoms with Crippen molar-refractivity contribution >= 4 is 28.5 Å². The zero-order valence-electron chi connectivity index (χ0n) is 11.8. The molecular formula is C16H18IN3O. The van der Waals surface area contributed by atoms with Crippen LogP contribution < -0.4 is 10.5 Å². The molecule has 5 heteroatoms. The van der Waals surface area contributed by atoms with Gasteiger partial charge in [-0.3, -0.25) is 9.78 Å². The highest BCUT2D eigenvalue weighted by Gasteiger charge is 2.16. The van der Waals surface area contributed by atoms with Gasteiger partial charge in [0.2, 0.25) is 5.95 Å². The number of H-pyrrole nitrogens is 1. The molecule has 21 heavy (non-hydrogen) atoms. The van der Waals surface area contributed by atoms with Crippen LogP contribution in [0.3, 0.4) is 0 Å². The van der Waals surface area contributed by atoms with E-state index in [9.17, 15) is 4.79 Å². The van der Waals surface area contributed by atoms with E-state index in [-0.39, 0.29) is 5.56 Å². The third kappa shape index (κ3) is 3.28. The molecule has 1 aliphatic heterocycles. The highest BCUT2D eigenvalue weighted by molar-refractivity contribution is 14.1. The Hall–Kier alpha value is -1.37. The fourth-order valence-corrected chi connectivity index (χ4v) is 3.23. The summed E-state index contributed by atoms with van der Waals surface area (Å²) in [6.45, 7) is 1.94. The summed E-state index contributed by atoms with van der Waals surface area (Å²) < 4.78 is 0.650. The fraction of sp³-hybridized carbons (Fsp3) is 0.375. The Morgan fingerprint density at radius 1 is 1.05 bits per heavy atom. The second-order valence-corrected chi connectivity index (χ2v) is 6.40. The van der Waals surface area contributed by atoms with Crippen LogP contribution in [0.1, 0.15) is 25.7 Å². The topological polar surface area (TPSA) is 49.0 Å². The van der Waals surface area contributed by atoms with E-state index in [1.807, 2.05) is 30.3 Å². The lowest BCUT2D eigenvalue weighted by molar-refractivity contribution is 0.726. The summed E-state index contributed by atoms with van der Waals surface area (Å²) in [5, 5.41) is 0. The molecule has 0 radical (unpaired) electrons. The molecule has 0 saturated carbocycles. The van der Waals surface area contributed by atoms with Crippen molar-refractivity contribution < 1.29 is 0 Å². The number of nitrogens with one attached hydrogen (secondary N) is 1. The van der Waals surface area contributed by atoms with Crippen molar-refractivity contribution in [2.24, 2.45) is 0 Å². The second-order valence-electron chi connectivity index (χ2n) is 5.32. The Morgan fingerprint density at radius 2 is 1.71 bits per heavy atom. The maximum atomic E-state index is 12.2. The van der Waals surface area contributed by atoms with Gasteiger partial charge in [-0.2, -0.15) is 0 Å². The summed E-state index contributed by atoms with van der Waals surface area (Å²) in [5.41, 5.74) is 1.71. The van der Waals surface area contributed by atoms with E-state index < -0.39 is 0 Å². The lowest BCUT2D eigenvalue weighted by Crippen LogP contribution is -2.29. The molecule has 0 bridgehead atoms. The van der Waals surface area contributed by atoms with Crippen molar-refractivity contribution in [2.45, 2.75) is 25.7 Å². The third-order valence-corrected chi connectivity index (χ3v) is 4.80. The van der Waals surface area contributed by atoms with E-state index in [0.29, 0.717) is 9.52 Å². The normalized spacial score (nSPS) is 15.8. The van der Waals surface area contributed by atoms with Crippen molar-refractivity contribution in [2.75, 3.05) is 18.0 Å². The van der Waals surface area contributed by atoms with Crippen LogP contribution in [0.2, 0.25) is 0 Å². The van der Waals surface area contributed by atoms with E-state index in [1.54, 1.807) is 0 Å². The van der Waals surface area contributed by atoms with E-state index in [0.717, 1.165) is 37.2 Å². The average molecular weight is 395 g/mol. The van der Waals surface area contributed by atoms with Gasteiger partial charge in [0.15, 0.2) is 0 Å². The summed E-state index contributed by atoms with van der Waals surface area (Å²) in [6.07, 6.45) is 4.85. The molecule has 4 nitrogen and oxygen atoms in total. The summed E-state index contributed by atoms with van der Waals surface area (Å²) in [7, 11) is 0. The van der Waals surface area contributed by atoms with Crippen molar-refractivity contribution in [1.82, 2.24) is 9.97 Å². The third-order valence-electron chi connectivity index (χ3n) is 3.80. The van der Waals surface area contributed by atoms with Crippen LogP contribution in [0.15, 0.2) is 35.1 Å². The number of aromatic nitrogens is 2. The smallest absolute Gasteiger partial charge is 0.266 e. The van der Waals surface area contributed by atoms with Crippen molar-refractivity contribution in [3.05, 3.63) is 44.3 Å². The van der Waals surface area contributed by atoms with Crippen LogP contribution in [0.25, 0.3) is 11.3 Å². The number of nitrogens with zero attached hydrogens (tertiary/aromatic N) is 2. The molecule has 0 aliphatic carbocycles. The molecule has 1 aliphatic rings. The van der Waals surface area contributed by atoms with Gasteiger partial charge in [-0.25, -0.2) is 4.98 Å². The maximum absolute atomic E-state index is 12.2. The Kier molecular flexibility index (Phi) is 4.57. The fourth-order valence-electron chi connectivity index (χ4n) is 2.67. The predicted molar refractivity (Wildman–Crippen MR) is 93.7 cm³/mol. The van der Waals surface area contributed by atoms with Crippen LogP contribution in [0.5, 0.6) is 0 Å². The van der Waals surface area contributed by atoms with Gasteiger partial charge in [0.1, 0.15) is 3.57 Å². The molecule has 0 amide bonds. The number of hydrogen-bond acceptors (Lipinski definition) is 3. The molecule has 0 unspecified atom stereocenters. The summed E-state index contributed by atoms with van der Waals surface area (Å²) in [6, 6.07) is 9.91. The molecule has 1 aromatic carbocycles. The Balaban J connectivity index is 2.03. The number of anilines is 1. The molecule has 0 spiro atoms. The van der Waals surface area contributed by atoms with Crippen LogP contribution >= 0.6 is 22.6 Å². The first kappa shape index (κ1) is 14.6. The Labute approximate surface area is 137 Å². The highest BCUT2D eigenvalue weighted by atomic mass is 127. The molecule has 1 saturated heterocycles. The van der Waals surface area contributed by atoms with E-state index in [4.69, 9.17) is 4.98 Å². The number of hydrogen-bond donors (Lipinski definition) is 1. The Bertz CT molecular complexity index is 661. The van der Waals surface area contributed by atoms with Gasteiger partial charge in [0.25, 0.3) is 5.56 Å². The molecule has 2 aromatic rings. The second kappa shape index (κ2) is 6.60. The molecule has 1 fully saturated rings. The first-order chi connectivity index (χ1) is 10.3. The number of rotatable bonds is 2. The molecular weight excluding hydrogens is 377 g/mol. The highest BCUT2D eigenvalue weighted by Crippen LogP contribution is 2.23. The molecule has 0 atom stereocenters. The van der Waals surface area contributed by atoms with Gasteiger partial charge in [-0.15, -0.1) is 0 Å². The van der Waals surface area contributed by atoms with Crippen LogP contribution in [-0.4, -0.2) is 23.1 Å². The van der Waals surface area contributed by atoms with Crippen molar-refractivity contribution in [1.29, 1.82) is 0 Å². The minimum absolute atomic E-state index is 0.0521. The largest absolute Gasteiger partial charge is 0.342 e. The van der Waals surface area contributed by atoms with E-state index in [1.165, 1.54) is 12.8 Å². The monoisotopic (exact) mass is 395 g/mol. The van der Waals surface area contributed by atoms with Crippen LogP contribution in [0, 0.1) is 3.57 Å². The zero-order valence-corrected chi connectivity index (χ0v) is 14.0. The first-order valence-electron chi connectivity index (χ1n) is 7.36. The van der Waals surface area contributed by atoms with E-state index >= 15 is 0 Å². The molecule has 1 aromatic heterocycles. The quantitative estimate of drug-likeness (QED) is 0.793. The maximum Gasteiger partial charge on any atom is 0.266 e. The van der Waals surface area contributed by atoms with Crippen LogP contribution in [0.4, 0.5) is 5.95 Å². The zero-order chi connectivity index (χ0) is 14.7. The minimum atomic E-state index is -0.0521. The number of halogens is 1. The average Bonchev–Trinajstić information content (AvgIpc) is 2.80. The van der Waals surface area contributed by atoms with Gasteiger partial charge in [0, 0.05) is 18.7 Å². The molecule has 110 valence electrons. The molecule has 2 heterocycles. The lowest BCUT2D eigenvalue weighted by atomic mass is 10.1. The number of aromatic amines is 1. The minimum Gasteiger partial charge on any atom is -0.342 e.